The molecule has 19 nitrogen and oxygen atoms in total. The van der Waals surface area contributed by atoms with Crippen molar-refractivity contribution in [2.24, 2.45) is 32.9 Å². The van der Waals surface area contributed by atoms with Crippen molar-refractivity contribution in [2.45, 2.75) is 98.2 Å². The zero-order chi connectivity index (χ0) is 30.1. The Balaban J connectivity index is 1.96. The molecule has 0 unspecified atom stereocenters. The molecular weight excluding hydrogens is 542 g/mol. The van der Waals surface area contributed by atoms with E-state index in [-0.39, 0.29) is 0 Å². The van der Waals surface area contributed by atoms with Crippen LogP contribution in [0.1, 0.15) is 6.92 Å². The highest BCUT2D eigenvalue weighted by molar-refractivity contribution is 5.76. The van der Waals surface area contributed by atoms with Gasteiger partial charge >= 0.3 is 0 Å². The molecule has 3 fully saturated rings. The number of aliphatic imine (C=N–C) groups is 2. The highest BCUT2D eigenvalue weighted by atomic mass is 16.8. The molecule has 2 aliphatic heterocycles. The lowest BCUT2D eigenvalue weighted by atomic mass is 9.81. The lowest BCUT2D eigenvalue weighted by molar-refractivity contribution is -0.317. The SMILES string of the molecule is CN[C@@H]1[C@H](O[C@@H]2[C@@H](O[C@H]3[C@H](O)[C@@H](O)[C@H](N=C(N)N)[C@@H](O)[C@@H]3N=C(N)N)O[C@H](C)[C@]2(O)CO)O[C@@H](CO)[C@H](O)[C@H]1O. The topological polar surface area (TPSA) is 340 Å². The third-order valence-electron chi connectivity index (χ3n) is 7.49. The summed E-state index contributed by atoms with van der Waals surface area (Å²) in [4.78, 5) is 7.66. The molecule has 1 saturated carbocycles. The Labute approximate surface area is 229 Å². The van der Waals surface area contributed by atoms with E-state index in [1.54, 1.807) is 0 Å². The predicted octanol–water partition coefficient (Wildman–Crippen LogP) is -8.37. The first kappa shape index (κ1) is 32.5. The number of likely N-dealkylation sites (N-methyl/N-ethyl adjacent to an activating group) is 1. The number of ether oxygens (including phenoxy) is 4. The Morgan fingerprint density at radius 2 is 1.43 bits per heavy atom. The minimum Gasteiger partial charge on any atom is -0.394 e. The van der Waals surface area contributed by atoms with Crippen LogP contribution in [0.25, 0.3) is 0 Å². The summed E-state index contributed by atoms with van der Waals surface area (Å²) < 4.78 is 23.2. The molecule has 2 heterocycles. The molecule has 40 heavy (non-hydrogen) atoms. The summed E-state index contributed by atoms with van der Waals surface area (Å²) in [5.74, 6) is -1.01. The van der Waals surface area contributed by atoms with Gasteiger partial charge in [-0.25, -0.2) is 9.98 Å². The fraction of sp³-hybridized carbons (Fsp3) is 0.905. The maximum atomic E-state index is 11.3. The summed E-state index contributed by atoms with van der Waals surface area (Å²) in [5, 5.41) is 87.0. The van der Waals surface area contributed by atoms with Crippen LogP contribution >= 0.6 is 0 Å². The molecule has 0 amide bonds. The number of aliphatic hydroxyl groups excluding tert-OH is 7. The zero-order valence-corrected chi connectivity index (χ0v) is 21.9. The van der Waals surface area contributed by atoms with Crippen molar-refractivity contribution in [1.29, 1.82) is 0 Å². The van der Waals surface area contributed by atoms with Gasteiger partial charge in [0.2, 0.25) is 0 Å². The Kier molecular flexibility index (Phi) is 10.5. The third kappa shape index (κ3) is 6.11. The van der Waals surface area contributed by atoms with Gasteiger partial charge in [0.1, 0.15) is 66.5 Å². The second-order valence-corrected chi connectivity index (χ2v) is 10.0. The summed E-state index contributed by atoms with van der Waals surface area (Å²) in [5.41, 5.74) is 19.7. The summed E-state index contributed by atoms with van der Waals surface area (Å²) in [6.07, 6.45) is -16.9. The predicted molar refractivity (Wildman–Crippen MR) is 134 cm³/mol. The molecule has 1 aliphatic carbocycles. The number of nitrogens with one attached hydrogen (secondary N) is 1. The average molecular weight is 584 g/mol. The zero-order valence-electron chi connectivity index (χ0n) is 21.9. The van der Waals surface area contributed by atoms with Crippen LogP contribution < -0.4 is 28.3 Å². The van der Waals surface area contributed by atoms with Gasteiger partial charge in [-0.3, -0.25) is 0 Å². The van der Waals surface area contributed by atoms with Crippen LogP contribution in [0.2, 0.25) is 0 Å². The number of hydrogen-bond donors (Lipinski definition) is 13. The lowest BCUT2D eigenvalue weighted by Crippen LogP contribution is -2.66. The molecule has 2 saturated heterocycles. The summed E-state index contributed by atoms with van der Waals surface area (Å²) in [6, 6.07) is -4.00. The monoisotopic (exact) mass is 583 g/mol. The second kappa shape index (κ2) is 12.9. The average Bonchev–Trinajstić information content (AvgIpc) is 3.13. The Morgan fingerprint density at radius 3 is 1.95 bits per heavy atom. The quantitative estimate of drug-likeness (QED) is 0.0884. The van der Waals surface area contributed by atoms with E-state index in [2.05, 4.69) is 15.3 Å². The van der Waals surface area contributed by atoms with Crippen molar-refractivity contribution >= 4 is 11.9 Å². The Morgan fingerprint density at radius 1 is 0.825 bits per heavy atom. The number of guanidine groups is 2. The van der Waals surface area contributed by atoms with E-state index in [9.17, 15) is 40.9 Å². The number of hydrogen-bond acceptors (Lipinski definition) is 15. The van der Waals surface area contributed by atoms with E-state index < -0.39 is 116 Å². The van der Waals surface area contributed by atoms with E-state index in [0.29, 0.717) is 0 Å². The highest BCUT2D eigenvalue weighted by Gasteiger charge is 2.60. The first-order valence-electron chi connectivity index (χ1n) is 12.5. The molecule has 0 aromatic carbocycles. The molecule has 0 aromatic heterocycles. The molecule has 232 valence electrons. The lowest BCUT2D eigenvalue weighted by Gasteiger charge is -2.45. The summed E-state index contributed by atoms with van der Waals surface area (Å²) in [6.45, 7) is -0.199. The molecule has 0 radical (unpaired) electrons. The Hall–Kier alpha value is -1.98. The molecule has 3 aliphatic rings. The van der Waals surface area contributed by atoms with Crippen molar-refractivity contribution in [3.05, 3.63) is 0 Å². The normalized spacial score (nSPS) is 47.5. The number of nitrogens with two attached hydrogens (primary N) is 4. The molecular formula is C21H41N7O12. The van der Waals surface area contributed by atoms with E-state index in [1.807, 2.05) is 0 Å². The van der Waals surface area contributed by atoms with Gasteiger partial charge in [-0.2, -0.15) is 0 Å². The molecule has 19 heteroatoms. The molecule has 17 N–H and O–H groups in total. The van der Waals surface area contributed by atoms with Crippen LogP contribution in [0.15, 0.2) is 9.98 Å². The Bertz CT molecular complexity index is 911. The number of aliphatic hydroxyl groups is 8. The third-order valence-corrected chi connectivity index (χ3v) is 7.49. The standard InChI is InChI=1S/C21H41N7O12/c1-5-21(36,4-30)16(40-17-9(26-2)13(34)10(31)6(3-29)38-17)18(37-5)39-15-8(28-20(24)25)11(32)7(27-19(22)23)12(33)14(15)35/h5-18,26,29-36H,3-4H2,1-2H3,(H4,22,23,27)(H4,24,25,28)/t5-,6+,7-,8+,9+,10+,11-,12+,13+,14-,15-,16-,17+,18-,21-/m1/s1. The molecule has 15 atom stereocenters. The van der Waals surface area contributed by atoms with Crippen molar-refractivity contribution in [2.75, 3.05) is 20.3 Å². The largest absolute Gasteiger partial charge is 0.394 e. The van der Waals surface area contributed by atoms with E-state index in [1.165, 1.54) is 14.0 Å². The van der Waals surface area contributed by atoms with E-state index >= 15 is 0 Å². The van der Waals surface area contributed by atoms with Crippen molar-refractivity contribution in [3.8, 4) is 0 Å². The first-order valence-corrected chi connectivity index (χ1v) is 12.5. The van der Waals surface area contributed by atoms with Gasteiger partial charge in [0, 0.05) is 0 Å². The van der Waals surface area contributed by atoms with Gasteiger partial charge < -0.3 is 88.1 Å². The first-order chi connectivity index (χ1) is 18.7. The summed E-state index contributed by atoms with van der Waals surface area (Å²) >= 11 is 0. The molecule has 0 bridgehead atoms. The van der Waals surface area contributed by atoms with Gasteiger partial charge in [0.25, 0.3) is 0 Å². The van der Waals surface area contributed by atoms with Crippen LogP contribution in [0.5, 0.6) is 0 Å². The van der Waals surface area contributed by atoms with Crippen LogP contribution in [0.4, 0.5) is 0 Å². The van der Waals surface area contributed by atoms with Crippen LogP contribution in [-0.4, -0.2) is 164 Å². The van der Waals surface area contributed by atoms with Crippen molar-refractivity contribution < 1.29 is 59.8 Å². The molecule has 0 spiro atoms. The minimum atomic E-state index is -2.15. The van der Waals surface area contributed by atoms with E-state index in [4.69, 9.17) is 41.9 Å². The van der Waals surface area contributed by atoms with Gasteiger partial charge in [0.05, 0.1) is 25.4 Å². The number of rotatable bonds is 9. The molecule has 0 aromatic rings. The van der Waals surface area contributed by atoms with Gasteiger partial charge in [-0.1, -0.05) is 0 Å². The van der Waals surface area contributed by atoms with Gasteiger partial charge in [-0.15, -0.1) is 0 Å². The minimum absolute atomic E-state index is 0.493. The smallest absolute Gasteiger partial charge is 0.187 e. The fourth-order valence-electron chi connectivity index (χ4n) is 5.17. The van der Waals surface area contributed by atoms with E-state index in [0.717, 1.165) is 0 Å². The highest BCUT2D eigenvalue weighted by Crippen LogP contribution is 2.39. The van der Waals surface area contributed by atoms with Crippen LogP contribution in [0, 0.1) is 0 Å². The maximum Gasteiger partial charge on any atom is 0.187 e. The van der Waals surface area contributed by atoms with Gasteiger partial charge in [-0.05, 0) is 14.0 Å². The number of nitrogens with zero attached hydrogens (tertiary/aromatic N) is 2. The second-order valence-electron chi connectivity index (χ2n) is 10.0. The van der Waals surface area contributed by atoms with Gasteiger partial charge in [0.15, 0.2) is 24.5 Å². The summed E-state index contributed by atoms with van der Waals surface area (Å²) in [7, 11) is 1.44. The van der Waals surface area contributed by atoms with Crippen molar-refractivity contribution in [1.82, 2.24) is 5.32 Å². The van der Waals surface area contributed by atoms with Crippen LogP contribution in [0.3, 0.4) is 0 Å². The molecule has 3 rings (SSSR count). The van der Waals surface area contributed by atoms with Crippen LogP contribution in [-0.2, 0) is 18.9 Å². The fourth-order valence-corrected chi connectivity index (χ4v) is 5.17. The maximum absolute atomic E-state index is 11.3. The van der Waals surface area contributed by atoms with Crippen molar-refractivity contribution in [3.63, 3.8) is 0 Å².